The van der Waals surface area contributed by atoms with Crippen LogP contribution in [-0.4, -0.2) is 26.6 Å². The van der Waals surface area contributed by atoms with E-state index in [1.165, 1.54) is 0 Å². The van der Waals surface area contributed by atoms with Crippen molar-refractivity contribution in [1.82, 2.24) is 19.6 Å². The third-order valence-electron chi connectivity index (χ3n) is 2.91. The summed E-state index contributed by atoms with van der Waals surface area (Å²) in [4.78, 5) is 10.5. The van der Waals surface area contributed by atoms with Gasteiger partial charge in [0.25, 0.3) is 0 Å². The summed E-state index contributed by atoms with van der Waals surface area (Å²) >= 11 is 0. The predicted octanol–water partition coefficient (Wildman–Crippen LogP) is 2.20. The summed E-state index contributed by atoms with van der Waals surface area (Å²) < 4.78 is 1.75. The number of fused-ring (bicyclic) bond motifs is 1. The molecule has 0 amide bonds. The number of nitrogens with zero attached hydrogens (tertiary/aromatic N) is 5. The zero-order valence-electron chi connectivity index (χ0n) is 10.3. The normalized spacial score (nSPS) is 10.8. The number of hydrogen-bond donors (Lipinski definition) is 0. The minimum atomic E-state index is 0.749. The standard InChI is InChI=1S/C13H13N5/c1-10-8-16-18-12(10)14-9-15-13(18)17(2)11-6-4-3-5-7-11/h3-9H,1-2H3. The van der Waals surface area contributed by atoms with E-state index < -0.39 is 0 Å². The molecule has 5 nitrogen and oxygen atoms in total. The van der Waals surface area contributed by atoms with E-state index in [9.17, 15) is 0 Å². The van der Waals surface area contributed by atoms with Crippen molar-refractivity contribution in [3.8, 4) is 0 Å². The first-order valence-corrected chi connectivity index (χ1v) is 5.71. The molecule has 0 aliphatic carbocycles. The fourth-order valence-electron chi connectivity index (χ4n) is 1.91. The summed E-state index contributed by atoms with van der Waals surface area (Å²) in [6, 6.07) is 10.1. The van der Waals surface area contributed by atoms with Gasteiger partial charge in [-0.1, -0.05) is 18.2 Å². The molecule has 0 bridgehead atoms. The molecule has 3 aromatic rings. The van der Waals surface area contributed by atoms with Crippen molar-refractivity contribution in [1.29, 1.82) is 0 Å². The number of anilines is 2. The Balaban J connectivity index is 2.15. The van der Waals surface area contributed by atoms with Gasteiger partial charge < -0.3 is 4.90 Å². The molecule has 0 radical (unpaired) electrons. The second-order valence-electron chi connectivity index (χ2n) is 4.13. The minimum Gasteiger partial charge on any atom is -0.313 e. The van der Waals surface area contributed by atoms with Crippen molar-refractivity contribution in [3.05, 3.63) is 48.4 Å². The molecule has 0 unspecified atom stereocenters. The number of aromatic nitrogens is 4. The van der Waals surface area contributed by atoms with Crippen molar-refractivity contribution >= 4 is 17.3 Å². The number of para-hydroxylation sites is 1. The second-order valence-corrected chi connectivity index (χ2v) is 4.13. The van der Waals surface area contributed by atoms with Gasteiger partial charge in [0.15, 0.2) is 5.65 Å². The smallest absolute Gasteiger partial charge is 0.234 e. The van der Waals surface area contributed by atoms with Gasteiger partial charge in [-0.3, -0.25) is 0 Å². The molecule has 0 N–H and O–H groups in total. The summed E-state index contributed by atoms with van der Waals surface area (Å²) in [5, 5.41) is 4.31. The maximum atomic E-state index is 4.31. The zero-order valence-corrected chi connectivity index (χ0v) is 10.3. The Morgan fingerprint density at radius 2 is 1.89 bits per heavy atom. The highest BCUT2D eigenvalue weighted by atomic mass is 15.4. The van der Waals surface area contributed by atoms with Gasteiger partial charge in [-0.25, -0.2) is 9.97 Å². The largest absolute Gasteiger partial charge is 0.313 e. The first-order valence-electron chi connectivity index (χ1n) is 5.71. The van der Waals surface area contributed by atoms with Crippen LogP contribution in [0.2, 0.25) is 0 Å². The van der Waals surface area contributed by atoms with Gasteiger partial charge in [0, 0.05) is 18.3 Å². The highest BCUT2D eigenvalue weighted by Crippen LogP contribution is 2.21. The zero-order chi connectivity index (χ0) is 12.5. The fraction of sp³-hybridized carbons (Fsp3) is 0.154. The Morgan fingerprint density at radius 3 is 2.67 bits per heavy atom. The van der Waals surface area contributed by atoms with E-state index >= 15 is 0 Å². The van der Waals surface area contributed by atoms with Crippen molar-refractivity contribution in [2.24, 2.45) is 0 Å². The van der Waals surface area contributed by atoms with E-state index in [-0.39, 0.29) is 0 Å². The Labute approximate surface area is 105 Å². The first kappa shape index (κ1) is 10.7. The molecule has 90 valence electrons. The van der Waals surface area contributed by atoms with E-state index in [0.717, 1.165) is 22.8 Å². The van der Waals surface area contributed by atoms with Gasteiger partial charge in [0.2, 0.25) is 5.95 Å². The lowest BCUT2D eigenvalue weighted by atomic mass is 10.3. The van der Waals surface area contributed by atoms with E-state index in [1.807, 2.05) is 49.2 Å². The molecule has 18 heavy (non-hydrogen) atoms. The molecular weight excluding hydrogens is 226 g/mol. The number of benzene rings is 1. The van der Waals surface area contributed by atoms with Crippen LogP contribution in [-0.2, 0) is 0 Å². The van der Waals surface area contributed by atoms with Crippen molar-refractivity contribution in [2.45, 2.75) is 6.92 Å². The Hall–Kier alpha value is -2.43. The van der Waals surface area contributed by atoms with Crippen molar-refractivity contribution in [3.63, 3.8) is 0 Å². The minimum absolute atomic E-state index is 0.749. The lowest BCUT2D eigenvalue weighted by Gasteiger charge is -2.18. The van der Waals surface area contributed by atoms with Crippen LogP contribution in [0.4, 0.5) is 11.6 Å². The average molecular weight is 239 g/mol. The Bertz CT molecular complexity index is 674. The van der Waals surface area contributed by atoms with Crippen LogP contribution in [0.25, 0.3) is 5.65 Å². The molecule has 0 saturated heterocycles. The van der Waals surface area contributed by atoms with Gasteiger partial charge in [-0.15, -0.1) is 0 Å². The number of rotatable bonds is 2. The highest BCUT2D eigenvalue weighted by Gasteiger charge is 2.11. The molecule has 2 aromatic heterocycles. The Kier molecular flexibility index (Phi) is 2.44. The predicted molar refractivity (Wildman–Crippen MR) is 70.0 cm³/mol. The first-order chi connectivity index (χ1) is 8.77. The maximum Gasteiger partial charge on any atom is 0.234 e. The lowest BCUT2D eigenvalue weighted by molar-refractivity contribution is 0.864. The van der Waals surface area contributed by atoms with Crippen LogP contribution >= 0.6 is 0 Å². The van der Waals surface area contributed by atoms with E-state index in [4.69, 9.17) is 0 Å². The molecule has 0 aliphatic rings. The summed E-state index contributed by atoms with van der Waals surface area (Å²) in [5.41, 5.74) is 2.94. The monoisotopic (exact) mass is 239 g/mol. The SMILES string of the molecule is Cc1cnn2c(N(C)c3ccccc3)ncnc12. The number of hydrogen-bond acceptors (Lipinski definition) is 4. The summed E-state index contributed by atoms with van der Waals surface area (Å²) in [7, 11) is 1.97. The molecule has 0 atom stereocenters. The van der Waals surface area contributed by atoms with E-state index in [2.05, 4.69) is 15.1 Å². The van der Waals surface area contributed by atoms with Crippen LogP contribution in [0.1, 0.15) is 5.56 Å². The van der Waals surface area contributed by atoms with Gasteiger partial charge >= 0.3 is 0 Å². The third kappa shape index (κ3) is 1.60. The molecule has 3 rings (SSSR count). The van der Waals surface area contributed by atoms with Crippen LogP contribution in [0.5, 0.6) is 0 Å². The van der Waals surface area contributed by atoms with Gasteiger partial charge in [-0.2, -0.15) is 9.61 Å². The summed E-state index contributed by atoms with van der Waals surface area (Å²) in [6.45, 7) is 1.99. The molecule has 2 heterocycles. The molecule has 0 aliphatic heterocycles. The maximum absolute atomic E-state index is 4.31. The quantitative estimate of drug-likeness (QED) is 0.687. The van der Waals surface area contributed by atoms with Gasteiger partial charge in [-0.05, 0) is 19.1 Å². The molecule has 0 saturated carbocycles. The van der Waals surface area contributed by atoms with Crippen LogP contribution in [0, 0.1) is 6.92 Å². The van der Waals surface area contributed by atoms with Crippen LogP contribution in [0.3, 0.4) is 0 Å². The summed E-state index contributed by atoms with van der Waals surface area (Å²) in [6.07, 6.45) is 3.37. The van der Waals surface area contributed by atoms with Crippen LogP contribution < -0.4 is 4.90 Å². The van der Waals surface area contributed by atoms with E-state index in [1.54, 1.807) is 17.0 Å². The molecule has 0 fully saturated rings. The highest BCUT2D eigenvalue weighted by molar-refractivity contribution is 5.59. The molecule has 0 spiro atoms. The average Bonchev–Trinajstić information content (AvgIpc) is 2.81. The van der Waals surface area contributed by atoms with Crippen molar-refractivity contribution in [2.75, 3.05) is 11.9 Å². The molecule has 1 aromatic carbocycles. The number of aryl methyl sites for hydroxylation is 1. The van der Waals surface area contributed by atoms with Crippen molar-refractivity contribution < 1.29 is 0 Å². The third-order valence-corrected chi connectivity index (χ3v) is 2.91. The van der Waals surface area contributed by atoms with Crippen LogP contribution in [0.15, 0.2) is 42.9 Å². The second kappa shape index (κ2) is 4.10. The summed E-state index contributed by atoms with van der Waals surface area (Å²) in [5.74, 6) is 0.749. The lowest BCUT2D eigenvalue weighted by Crippen LogP contribution is -2.16. The van der Waals surface area contributed by atoms with Gasteiger partial charge in [0.05, 0.1) is 6.20 Å². The molecular formula is C13H13N5. The van der Waals surface area contributed by atoms with E-state index in [0.29, 0.717) is 0 Å². The topological polar surface area (TPSA) is 46.3 Å². The molecule has 5 heteroatoms. The Morgan fingerprint density at radius 1 is 1.11 bits per heavy atom. The van der Waals surface area contributed by atoms with Gasteiger partial charge in [0.1, 0.15) is 6.33 Å². The fourth-order valence-corrected chi connectivity index (χ4v) is 1.91.